The van der Waals surface area contributed by atoms with E-state index in [0.29, 0.717) is 29.9 Å². The number of hydrogen-bond acceptors (Lipinski definition) is 4. The number of aromatic hydroxyl groups is 1. The van der Waals surface area contributed by atoms with Gasteiger partial charge in [-0.15, -0.1) is 0 Å². The molecule has 4 nitrogen and oxygen atoms in total. The Morgan fingerprint density at radius 2 is 1.96 bits per heavy atom. The molecule has 0 saturated heterocycles. The summed E-state index contributed by atoms with van der Waals surface area (Å²) < 4.78 is 10.4. The average Bonchev–Trinajstić information content (AvgIpc) is 2.54. The molecule has 0 fully saturated rings. The maximum atomic E-state index is 11.5. The second kappa shape index (κ2) is 7.68. The fourth-order valence-corrected chi connectivity index (χ4v) is 2.39. The molecule has 0 heterocycles. The fraction of sp³-hybridized carbons (Fsp3) is 0.316. The Labute approximate surface area is 136 Å². The van der Waals surface area contributed by atoms with Gasteiger partial charge in [0.2, 0.25) is 0 Å². The first-order valence-electron chi connectivity index (χ1n) is 7.69. The van der Waals surface area contributed by atoms with Crippen molar-refractivity contribution in [3.05, 3.63) is 53.1 Å². The lowest BCUT2D eigenvalue weighted by molar-refractivity contribution is -0.134. The Kier molecular flexibility index (Phi) is 5.63. The van der Waals surface area contributed by atoms with Gasteiger partial charge >= 0.3 is 5.97 Å². The van der Waals surface area contributed by atoms with Crippen molar-refractivity contribution in [3.63, 3.8) is 0 Å². The van der Waals surface area contributed by atoms with Crippen LogP contribution in [-0.2, 0) is 17.6 Å². The van der Waals surface area contributed by atoms with Crippen LogP contribution in [0.3, 0.4) is 0 Å². The first-order chi connectivity index (χ1) is 11.0. The van der Waals surface area contributed by atoms with Crippen molar-refractivity contribution in [3.8, 4) is 17.2 Å². The molecular formula is C19H22O4. The fourth-order valence-electron chi connectivity index (χ4n) is 2.39. The van der Waals surface area contributed by atoms with E-state index in [4.69, 9.17) is 9.47 Å². The highest BCUT2D eigenvalue weighted by Gasteiger charge is 2.13. The van der Waals surface area contributed by atoms with E-state index in [0.717, 1.165) is 6.42 Å². The van der Waals surface area contributed by atoms with Crippen molar-refractivity contribution >= 4 is 5.97 Å². The van der Waals surface area contributed by atoms with Gasteiger partial charge in [-0.25, -0.2) is 0 Å². The van der Waals surface area contributed by atoms with Crippen LogP contribution >= 0.6 is 0 Å². The van der Waals surface area contributed by atoms with E-state index in [9.17, 15) is 9.90 Å². The molecule has 0 unspecified atom stereocenters. The zero-order chi connectivity index (χ0) is 16.8. The van der Waals surface area contributed by atoms with Gasteiger partial charge in [0, 0.05) is 18.1 Å². The number of aryl methyl sites for hydroxylation is 3. The zero-order valence-electron chi connectivity index (χ0n) is 13.8. The second-order valence-corrected chi connectivity index (χ2v) is 5.45. The third-order valence-electron chi connectivity index (χ3n) is 3.63. The van der Waals surface area contributed by atoms with Gasteiger partial charge in [-0.3, -0.25) is 4.79 Å². The van der Waals surface area contributed by atoms with Crippen LogP contribution in [0.2, 0.25) is 0 Å². The summed E-state index contributed by atoms with van der Waals surface area (Å²) in [4.78, 5) is 11.5. The molecule has 2 aromatic carbocycles. The smallest absolute Gasteiger partial charge is 0.310 e. The van der Waals surface area contributed by atoms with Crippen LogP contribution in [0.25, 0.3) is 0 Å². The highest BCUT2D eigenvalue weighted by molar-refractivity contribution is 5.72. The summed E-state index contributed by atoms with van der Waals surface area (Å²) in [5.41, 5.74) is 3.10. The van der Waals surface area contributed by atoms with E-state index in [-0.39, 0.29) is 11.7 Å². The molecular weight excluding hydrogens is 292 g/mol. The molecule has 0 amide bonds. The summed E-state index contributed by atoms with van der Waals surface area (Å²) >= 11 is 0. The van der Waals surface area contributed by atoms with Gasteiger partial charge < -0.3 is 14.6 Å². The Bertz CT molecular complexity index is 692. The number of ether oxygens (including phenoxy) is 2. The predicted octanol–water partition coefficient (Wildman–Crippen LogP) is 3.81. The predicted molar refractivity (Wildman–Crippen MR) is 89.2 cm³/mol. The quantitative estimate of drug-likeness (QED) is 0.651. The molecule has 2 aromatic rings. The number of phenols is 1. The average molecular weight is 314 g/mol. The lowest BCUT2D eigenvalue weighted by Gasteiger charge is -2.12. The minimum atomic E-state index is -0.317. The van der Waals surface area contributed by atoms with Gasteiger partial charge in [-0.05, 0) is 31.4 Å². The third kappa shape index (κ3) is 4.49. The van der Waals surface area contributed by atoms with Crippen molar-refractivity contribution in [1.82, 2.24) is 0 Å². The molecule has 0 aliphatic rings. The summed E-state index contributed by atoms with van der Waals surface area (Å²) in [7, 11) is 1.48. The number of benzene rings is 2. The molecule has 4 heteroatoms. The number of carbonyl (C=O) groups excluding carboxylic acids is 1. The van der Waals surface area contributed by atoms with Crippen LogP contribution in [0.4, 0.5) is 0 Å². The lowest BCUT2D eigenvalue weighted by atomic mass is 10.0. The van der Waals surface area contributed by atoms with Crippen LogP contribution in [0, 0.1) is 6.92 Å². The number of methoxy groups -OCH3 is 1. The Hall–Kier alpha value is -2.49. The molecule has 0 bridgehead atoms. The maximum absolute atomic E-state index is 11.5. The van der Waals surface area contributed by atoms with E-state index in [1.165, 1.54) is 24.3 Å². The monoisotopic (exact) mass is 314 g/mol. The van der Waals surface area contributed by atoms with Gasteiger partial charge in [-0.2, -0.15) is 0 Å². The molecule has 2 rings (SSSR count). The van der Waals surface area contributed by atoms with Crippen molar-refractivity contribution < 1.29 is 19.4 Å². The number of rotatable bonds is 6. The molecule has 1 N–H and O–H groups in total. The van der Waals surface area contributed by atoms with Crippen molar-refractivity contribution in [2.45, 2.75) is 33.1 Å². The Morgan fingerprint density at radius 1 is 1.17 bits per heavy atom. The molecule has 0 aromatic heterocycles. The van der Waals surface area contributed by atoms with E-state index in [1.807, 2.05) is 6.07 Å². The van der Waals surface area contributed by atoms with Gasteiger partial charge in [0.1, 0.15) is 5.75 Å². The first-order valence-corrected chi connectivity index (χ1v) is 7.69. The SMILES string of the molecule is CCC(=O)Oc1cc(CCc2cccc(C)c2)c(O)c(OC)c1. The van der Waals surface area contributed by atoms with Gasteiger partial charge in [-0.1, -0.05) is 36.8 Å². The minimum Gasteiger partial charge on any atom is -0.504 e. The number of esters is 1. The van der Waals surface area contributed by atoms with Crippen molar-refractivity contribution in [1.29, 1.82) is 0 Å². The summed E-state index contributed by atoms with van der Waals surface area (Å²) in [6.45, 7) is 3.79. The molecule has 122 valence electrons. The lowest BCUT2D eigenvalue weighted by Crippen LogP contribution is -2.06. The summed E-state index contributed by atoms with van der Waals surface area (Å²) in [6.07, 6.45) is 1.70. The largest absolute Gasteiger partial charge is 0.504 e. The summed E-state index contributed by atoms with van der Waals surface area (Å²) in [6, 6.07) is 11.5. The van der Waals surface area contributed by atoms with Crippen LogP contribution in [0.5, 0.6) is 17.2 Å². The summed E-state index contributed by atoms with van der Waals surface area (Å²) in [5, 5.41) is 10.3. The zero-order valence-corrected chi connectivity index (χ0v) is 13.8. The Balaban J connectivity index is 2.22. The summed E-state index contributed by atoms with van der Waals surface area (Å²) in [5.74, 6) is 0.482. The van der Waals surface area contributed by atoms with Crippen LogP contribution in [-0.4, -0.2) is 18.2 Å². The van der Waals surface area contributed by atoms with E-state index in [2.05, 4.69) is 25.1 Å². The van der Waals surface area contributed by atoms with E-state index in [1.54, 1.807) is 13.0 Å². The van der Waals surface area contributed by atoms with E-state index >= 15 is 0 Å². The highest BCUT2D eigenvalue weighted by Crippen LogP contribution is 2.35. The molecule has 0 saturated carbocycles. The molecule has 0 spiro atoms. The van der Waals surface area contributed by atoms with Gasteiger partial charge in [0.15, 0.2) is 11.5 Å². The second-order valence-electron chi connectivity index (χ2n) is 5.45. The molecule has 0 aliphatic heterocycles. The number of phenolic OH excluding ortho intramolecular Hbond substituents is 1. The van der Waals surface area contributed by atoms with Gasteiger partial charge in [0.05, 0.1) is 7.11 Å². The topological polar surface area (TPSA) is 55.8 Å². The normalized spacial score (nSPS) is 10.4. The minimum absolute atomic E-state index is 0.0939. The maximum Gasteiger partial charge on any atom is 0.310 e. The highest BCUT2D eigenvalue weighted by atomic mass is 16.5. The molecule has 0 radical (unpaired) electrons. The molecule has 0 aliphatic carbocycles. The number of hydrogen-bond donors (Lipinski definition) is 1. The Morgan fingerprint density at radius 3 is 2.61 bits per heavy atom. The number of carbonyl (C=O) groups is 1. The van der Waals surface area contributed by atoms with Crippen LogP contribution < -0.4 is 9.47 Å². The molecule has 23 heavy (non-hydrogen) atoms. The van der Waals surface area contributed by atoms with Crippen LogP contribution in [0.1, 0.15) is 30.0 Å². The van der Waals surface area contributed by atoms with Crippen molar-refractivity contribution in [2.75, 3.05) is 7.11 Å². The standard InChI is InChI=1S/C19H22O4/c1-4-18(20)23-16-11-15(19(21)17(12-16)22-3)9-8-14-7-5-6-13(2)10-14/h5-7,10-12,21H,4,8-9H2,1-3H3. The first kappa shape index (κ1) is 16.9. The van der Waals surface area contributed by atoms with Gasteiger partial charge in [0.25, 0.3) is 0 Å². The third-order valence-corrected chi connectivity index (χ3v) is 3.63. The molecule has 0 atom stereocenters. The van der Waals surface area contributed by atoms with E-state index < -0.39 is 0 Å². The van der Waals surface area contributed by atoms with Crippen molar-refractivity contribution in [2.24, 2.45) is 0 Å². The van der Waals surface area contributed by atoms with Crippen LogP contribution in [0.15, 0.2) is 36.4 Å².